The molecule has 1 amide bonds. The smallest absolute Gasteiger partial charge is 0.326 e. The summed E-state index contributed by atoms with van der Waals surface area (Å²) in [7, 11) is 0. The van der Waals surface area contributed by atoms with Gasteiger partial charge in [-0.3, -0.25) is 4.79 Å². The molecule has 7 heteroatoms. The normalized spacial score (nSPS) is 13.3. The number of carboxylic acid groups (broad SMARTS) is 1. The van der Waals surface area contributed by atoms with Gasteiger partial charge >= 0.3 is 5.97 Å². The van der Waals surface area contributed by atoms with Gasteiger partial charge in [0.1, 0.15) is 11.8 Å². The van der Waals surface area contributed by atoms with Gasteiger partial charge in [0.25, 0.3) is 5.91 Å². The molecule has 0 saturated carbocycles. The SMILES string of the molecule is CCC(C)[C@H](NC(=O)COc1ccc(Br)cc1Cl)C(=O)O. The minimum absolute atomic E-state index is 0.164. The first kappa shape index (κ1) is 17.8. The number of rotatable bonds is 7. The molecule has 2 atom stereocenters. The summed E-state index contributed by atoms with van der Waals surface area (Å²) in [5.74, 6) is -1.35. The third-order valence-corrected chi connectivity index (χ3v) is 3.84. The third-order valence-electron chi connectivity index (χ3n) is 3.05. The molecule has 0 spiro atoms. The van der Waals surface area contributed by atoms with Crippen LogP contribution in [0.25, 0.3) is 0 Å². The number of carbonyl (C=O) groups is 2. The van der Waals surface area contributed by atoms with Crippen LogP contribution in [0.1, 0.15) is 20.3 Å². The maximum absolute atomic E-state index is 11.8. The Kier molecular flexibility index (Phi) is 6.98. The Labute approximate surface area is 136 Å². The highest BCUT2D eigenvalue weighted by molar-refractivity contribution is 9.10. The van der Waals surface area contributed by atoms with Crippen molar-refractivity contribution in [2.75, 3.05) is 6.61 Å². The Morgan fingerprint density at radius 1 is 1.48 bits per heavy atom. The molecule has 5 nitrogen and oxygen atoms in total. The highest BCUT2D eigenvalue weighted by Gasteiger charge is 2.25. The number of amides is 1. The first-order chi connectivity index (χ1) is 9.85. The van der Waals surface area contributed by atoms with E-state index in [2.05, 4.69) is 21.2 Å². The molecule has 0 heterocycles. The number of hydrogen-bond donors (Lipinski definition) is 2. The summed E-state index contributed by atoms with van der Waals surface area (Å²) in [6.45, 7) is 3.35. The predicted molar refractivity (Wildman–Crippen MR) is 83.7 cm³/mol. The highest BCUT2D eigenvalue weighted by Crippen LogP contribution is 2.27. The highest BCUT2D eigenvalue weighted by atomic mass is 79.9. The summed E-state index contributed by atoms with van der Waals surface area (Å²) in [6.07, 6.45) is 0.649. The minimum Gasteiger partial charge on any atom is -0.482 e. The lowest BCUT2D eigenvalue weighted by Crippen LogP contribution is -2.46. The lowest BCUT2D eigenvalue weighted by Gasteiger charge is -2.20. The molecule has 0 radical (unpaired) electrons. The second-order valence-electron chi connectivity index (χ2n) is 4.63. The van der Waals surface area contributed by atoms with Crippen molar-refractivity contribution in [3.63, 3.8) is 0 Å². The van der Waals surface area contributed by atoms with Crippen molar-refractivity contribution in [3.8, 4) is 5.75 Å². The quantitative estimate of drug-likeness (QED) is 0.764. The zero-order chi connectivity index (χ0) is 16.0. The van der Waals surface area contributed by atoms with Crippen LogP contribution in [-0.2, 0) is 9.59 Å². The van der Waals surface area contributed by atoms with Gasteiger partial charge in [-0.1, -0.05) is 47.8 Å². The van der Waals surface area contributed by atoms with Crippen LogP contribution in [0.2, 0.25) is 5.02 Å². The molecule has 0 aromatic heterocycles. The Morgan fingerprint density at radius 3 is 2.67 bits per heavy atom. The summed E-state index contributed by atoms with van der Waals surface area (Å²) in [5, 5.41) is 11.9. The summed E-state index contributed by atoms with van der Waals surface area (Å²) < 4.78 is 6.09. The number of nitrogens with one attached hydrogen (secondary N) is 1. The second kappa shape index (κ2) is 8.24. The van der Waals surface area contributed by atoms with Gasteiger partial charge in [0, 0.05) is 4.47 Å². The van der Waals surface area contributed by atoms with E-state index in [1.807, 2.05) is 6.92 Å². The molecule has 0 saturated heterocycles. The molecule has 1 aromatic rings. The Morgan fingerprint density at radius 2 is 2.14 bits per heavy atom. The average molecular weight is 379 g/mol. The minimum atomic E-state index is -1.06. The van der Waals surface area contributed by atoms with Crippen LogP contribution in [0.4, 0.5) is 0 Å². The van der Waals surface area contributed by atoms with Gasteiger partial charge < -0.3 is 15.2 Å². The van der Waals surface area contributed by atoms with E-state index in [1.165, 1.54) is 0 Å². The first-order valence-electron chi connectivity index (χ1n) is 6.45. The van der Waals surface area contributed by atoms with Crippen molar-refractivity contribution < 1.29 is 19.4 Å². The van der Waals surface area contributed by atoms with Crippen molar-refractivity contribution in [2.24, 2.45) is 5.92 Å². The van der Waals surface area contributed by atoms with E-state index in [-0.39, 0.29) is 12.5 Å². The van der Waals surface area contributed by atoms with Crippen LogP contribution in [0.3, 0.4) is 0 Å². The van der Waals surface area contributed by atoms with Crippen molar-refractivity contribution in [3.05, 3.63) is 27.7 Å². The van der Waals surface area contributed by atoms with Crippen molar-refractivity contribution in [1.82, 2.24) is 5.32 Å². The fourth-order valence-electron chi connectivity index (χ4n) is 1.63. The molecule has 1 unspecified atom stereocenters. The Bertz CT molecular complexity index is 524. The monoisotopic (exact) mass is 377 g/mol. The number of carboxylic acids is 1. The van der Waals surface area contributed by atoms with Gasteiger partial charge in [0.15, 0.2) is 6.61 Å². The molecular formula is C14H17BrClNO4. The number of carbonyl (C=O) groups excluding carboxylic acids is 1. The molecule has 0 bridgehead atoms. The van der Waals surface area contributed by atoms with Crippen molar-refractivity contribution >= 4 is 39.4 Å². The molecule has 0 aliphatic rings. The van der Waals surface area contributed by atoms with Crippen LogP contribution in [0.15, 0.2) is 22.7 Å². The maximum Gasteiger partial charge on any atom is 0.326 e. The van der Waals surface area contributed by atoms with Gasteiger partial charge in [-0.2, -0.15) is 0 Å². The summed E-state index contributed by atoms with van der Waals surface area (Å²) >= 11 is 9.23. The Hall–Kier alpha value is -1.27. The zero-order valence-corrected chi connectivity index (χ0v) is 14.1. The summed E-state index contributed by atoms with van der Waals surface area (Å²) in [6, 6.07) is 4.08. The molecule has 0 fully saturated rings. The predicted octanol–water partition coefficient (Wildman–Crippen LogP) is 3.10. The molecule has 21 heavy (non-hydrogen) atoms. The fourth-order valence-corrected chi connectivity index (χ4v) is 2.36. The third kappa shape index (κ3) is 5.55. The average Bonchev–Trinajstić information content (AvgIpc) is 2.42. The topological polar surface area (TPSA) is 75.6 Å². The van der Waals surface area contributed by atoms with E-state index in [0.29, 0.717) is 17.2 Å². The second-order valence-corrected chi connectivity index (χ2v) is 5.96. The standard InChI is InChI=1S/C14H17BrClNO4/c1-3-8(2)13(14(19)20)17-12(18)7-21-11-5-4-9(15)6-10(11)16/h4-6,8,13H,3,7H2,1-2H3,(H,17,18)(H,19,20)/t8?,13-/m0/s1. The van der Waals surface area contributed by atoms with Gasteiger partial charge in [0.05, 0.1) is 5.02 Å². The van der Waals surface area contributed by atoms with Gasteiger partial charge in [-0.05, 0) is 24.1 Å². The number of aliphatic carboxylic acids is 1. The van der Waals surface area contributed by atoms with E-state index in [0.717, 1.165) is 4.47 Å². The molecule has 116 valence electrons. The van der Waals surface area contributed by atoms with Crippen LogP contribution >= 0.6 is 27.5 Å². The van der Waals surface area contributed by atoms with Crippen LogP contribution < -0.4 is 10.1 Å². The fraction of sp³-hybridized carbons (Fsp3) is 0.429. The molecule has 2 N–H and O–H groups in total. The van der Waals surface area contributed by atoms with E-state index < -0.39 is 17.9 Å². The summed E-state index contributed by atoms with van der Waals surface area (Å²) in [4.78, 5) is 22.9. The van der Waals surface area contributed by atoms with Crippen LogP contribution in [0, 0.1) is 5.92 Å². The zero-order valence-electron chi connectivity index (χ0n) is 11.7. The lowest BCUT2D eigenvalue weighted by molar-refractivity contribution is -0.143. The van der Waals surface area contributed by atoms with Crippen LogP contribution in [0.5, 0.6) is 5.75 Å². The summed E-state index contributed by atoms with van der Waals surface area (Å²) in [5.41, 5.74) is 0. The van der Waals surface area contributed by atoms with Crippen LogP contribution in [-0.4, -0.2) is 29.6 Å². The maximum atomic E-state index is 11.8. The number of ether oxygens (including phenoxy) is 1. The largest absolute Gasteiger partial charge is 0.482 e. The first-order valence-corrected chi connectivity index (χ1v) is 7.62. The van der Waals surface area contributed by atoms with E-state index in [1.54, 1.807) is 25.1 Å². The van der Waals surface area contributed by atoms with E-state index in [9.17, 15) is 9.59 Å². The molecule has 1 aromatic carbocycles. The van der Waals surface area contributed by atoms with E-state index >= 15 is 0 Å². The number of benzene rings is 1. The molecular weight excluding hydrogens is 362 g/mol. The van der Waals surface area contributed by atoms with Crippen molar-refractivity contribution in [2.45, 2.75) is 26.3 Å². The van der Waals surface area contributed by atoms with E-state index in [4.69, 9.17) is 21.4 Å². The number of hydrogen-bond acceptors (Lipinski definition) is 3. The molecule has 0 aliphatic carbocycles. The van der Waals surface area contributed by atoms with Gasteiger partial charge in [0.2, 0.25) is 0 Å². The van der Waals surface area contributed by atoms with Gasteiger partial charge in [-0.25, -0.2) is 4.79 Å². The lowest BCUT2D eigenvalue weighted by atomic mass is 9.99. The molecule has 0 aliphatic heterocycles. The Balaban J connectivity index is 2.58. The van der Waals surface area contributed by atoms with Gasteiger partial charge in [-0.15, -0.1) is 0 Å². The number of halogens is 2. The molecule has 1 rings (SSSR count). The van der Waals surface area contributed by atoms with Crippen molar-refractivity contribution in [1.29, 1.82) is 0 Å².